The predicted octanol–water partition coefficient (Wildman–Crippen LogP) is 3.12. The lowest BCUT2D eigenvalue weighted by molar-refractivity contribution is 0.157. The summed E-state index contributed by atoms with van der Waals surface area (Å²) in [6, 6.07) is 3.98. The number of phenolic OH excluding ortho intramolecular Hbond substituents is 1. The van der Waals surface area contributed by atoms with Gasteiger partial charge in [-0.3, -0.25) is 4.90 Å². The summed E-state index contributed by atoms with van der Waals surface area (Å²) in [5.74, 6) is 1.11. The van der Waals surface area contributed by atoms with Gasteiger partial charge in [0.1, 0.15) is 18.1 Å². The van der Waals surface area contributed by atoms with Crippen LogP contribution in [0.15, 0.2) is 12.1 Å². The molecule has 1 rings (SSSR count). The summed E-state index contributed by atoms with van der Waals surface area (Å²) in [4.78, 5) is 2.35. The van der Waals surface area contributed by atoms with Crippen LogP contribution < -0.4 is 4.74 Å². The second-order valence-corrected chi connectivity index (χ2v) is 4.74. The van der Waals surface area contributed by atoms with Crippen molar-refractivity contribution in [2.75, 3.05) is 19.7 Å². The molecule has 0 amide bonds. The summed E-state index contributed by atoms with van der Waals surface area (Å²) in [5.41, 5.74) is 1.89. The van der Waals surface area contributed by atoms with Crippen molar-refractivity contribution >= 4 is 0 Å². The van der Waals surface area contributed by atoms with Crippen LogP contribution in [0, 0.1) is 13.8 Å². The van der Waals surface area contributed by atoms with Crippen LogP contribution in [0.2, 0.25) is 0 Å². The average molecular weight is 251 g/mol. The van der Waals surface area contributed by atoms with Crippen LogP contribution in [0.25, 0.3) is 0 Å². The second kappa shape index (κ2) is 6.64. The number of hydrogen-bond donors (Lipinski definition) is 1. The third kappa shape index (κ3) is 3.39. The molecule has 3 nitrogen and oxygen atoms in total. The number of ether oxygens (including phenoxy) is 1. The van der Waals surface area contributed by atoms with Crippen molar-refractivity contribution in [3.05, 3.63) is 23.3 Å². The first-order valence-electron chi connectivity index (χ1n) is 6.67. The Labute approximate surface area is 110 Å². The highest BCUT2D eigenvalue weighted by Crippen LogP contribution is 2.30. The van der Waals surface area contributed by atoms with Crippen LogP contribution >= 0.6 is 0 Å². The molecule has 0 unspecified atom stereocenters. The standard InChI is InChI=1S/C15H25NO2/c1-6-16(7-2)12(4)10-18-15-11(3)8-9-14(17)13(15)5/h8-9,12,17H,6-7,10H2,1-5H3/t12-/m1/s1. The van der Waals surface area contributed by atoms with Gasteiger partial charge in [0.25, 0.3) is 0 Å². The average Bonchev–Trinajstić information content (AvgIpc) is 2.35. The number of nitrogens with zero attached hydrogens (tertiary/aromatic N) is 1. The molecule has 0 heterocycles. The number of hydrogen-bond acceptors (Lipinski definition) is 3. The Morgan fingerprint density at radius 3 is 2.39 bits per heavy atom. The number of rotatable bonds is 6. The third-order valence-electron chi connectivity index (χ3n) is 3.48. The van der Waals surface area contributed by atoms with Gasteiger partial charge in [-0.1, -0.05) is 19.9 Å². The van der Waals surface area contributed by atoms with E-state index in [4.69, 9.17) is 4.74 Å². The zero-order chi connectivity index (χ0) is 13.7. The highest BCUT2D eigenvalue weighted by molar-refractivity contribution is 5.47. The first kappa shape index (κ1) is 14.8. The molecular weight excluding hydrogens is 226 g/mol. The Bertz CT molecular complexity index is 386. The molecule has 0 spiro atoms. The van der Waals surface area contributed by atoms with E-state index in [9.17, 15) is 5.11 Å². The lowest BCUT2D eigenvalue weighted by atomic mass is 10.1. The minimum atomic E-state index is 0.297. The molecule has 0 saturated heterocycles. The SMILES string of the molecule is CCN(CC)[C@H](C)COc1c(C)ccc(O)c1C. The molecule has 3 heteroatoms. The minimum absolute atomic E-state index is 0.297. The quantitative estimate of drug-likeness (QED) is 0.843. The van der Waals surface area contributed by atoms with Gasteiger partial charge in [0.2, 0.25) is 0 Å². The van der Waals surface area contributed by atoms with Crippen molar-refractivity contribution in [3.63, 3.8) is 0 Å². The first-order chi connectivity index (χ1) is 8.51. The zero-order valence-electron chi connectivity index (χ0n) is 12.2. The van der Waals surface area contributed by atoms with E-state index in [1.54, 1.807) is 6.07 Å². The molecule has 1 aromatic rings. The lowest BCUT2D eigenvalue weighted by Gasteiger charge is -2.26. The molecule has 0 saturated carbocycles. The highest BCUT2D eigenvalue weighted by Gasteiger charge is 2.13. The predicted molar refractivity (Wildman–Crippen MR) is 75.5 cm³/mol. The minimum Gasteiger partial charge on any atom is -0.508 e. The van der Waals surface area contributed by atoms with Gasteiger partial charge in [0.15, 0.2) is 0 Å². The molecule has 0 aliphatic carbocycles. The van der Waals surface area contributed by atoms with Crippen molar-refractivity contribution < 1.29 is 9.84 Å². The van der Waals surface area contributed by atoms with Crippen LogP contribution in [0.5, 0.6) is 11.5 Å². The van der Waals surface area contributed by atoms with Gasteiger partial charge in [-0.2, -0.15) is 0 Å². The van der Waals surface area contributed by atoms with Crippen molar-refractivity contribution in [1.29, 1.82) is 0 Å². The Balaban J connectivity index is 2.72. The largest absolute Gasteiger partial charge is 0.508 e. The number of aryl methyl sites for hydroxylation is 1. The molecule has 1 N–H and O–H groups in total. The van der Waals surface area contributed by atoms with Crippen molar-refractivity contribution in [1.82, 2.24) is 4.90 Å². The van der Waals surface area contributed by atoms with Gasteiger partial charge in [-0.25, -0.2) is 0 Å². The fourth-order valence-corrected chi connectivity index (χ4v) is 2.20. The topological polar surface area (TPSA) is 32.7 Å². The normalized spacial score (nSPS) is 12.8. The van der Waals surface area contributed by atoms with Gasteiger partial charge in [-0.05, 0) is 45.5 Å². The zero-order valence-corrected chi connectivity index (χ0v) is 12.2. The number of phenols is 1. The van der Waals surface area contributed by atoms with E-state index in [0.29, 0.717) is 18.4 Å². The maximum absolute atomic E-state index is 9.70. The fourth-order valence-electron chi connectivity index (χ4n) is 2.20. The Morgan fingerprint density at radius 1 is 1.22 bits per heavy atom. The maximum Gasteiger partial charge on any atom is 0.128 e. The van der Waals surface area contributed by atoms with Crippen LogP contribution in [0.3, 0.4) is 0 Å². The number of aromatic hydroxyl groups is 1. The molecule has 0 fully saturated rings. The summed E-state index contributed by atoms with van der Waals surface area (Å²) >= 11 is 0. The summed E-state index contributed by atoms with van der Waals surface area (Å²) in [5, 5.41) is 9.70. The maximum atomic E-state index is 9.70. The van der Waals surface area contributed by atoms with Gasteiger partial charge in [0.05, 0.1) is 0 Å². The smallest absolute Gasteiger partial charge is 0.128 e. The van der Waals surface area contributed by atoms with E-state index in [1.165, 1.54) is 0 Å². The van der Waals surface area contributed by atoms with E-state index in [2.05, 4.69) is 25.7 Å². The van der Waals surface area contributed by atoms with Crippen molar-refractivity contribution in [2.45, 2.75) is 40.7 Å². The molecule has 0 aromatic heterocycles. The molecule has 1 aromatic carbocycles. The van der Waals surface area contributed by atoms with Crippen molar-refractivity contribution in [3.8, 4) is 11.5 Å². The first-order valence-corrected chi connectivity index (χ1v) is 6.67. The highest BCUT2D eigenvalue weighted by atomic mass is 16.5. The number of likely N-dealkylation sites (N-methyl/N-ethyl adjacent to an activating group) is 1. The van der Waals surface area contributed by atoms with E-state index < -0.39 is 0 Å². The Hall–Kier alpha value is -1.22. The molecule has 18 heavy (non-hydrogen) atoms. The summed E-state index contributed by atoms with van der Waals surface area (Å²) in [6.07, 6.45) is 0. The molecule has 0 bridgehead atoms. The Kier molecular flexibility index (Phi) is 5.48. The van der Waals surface area contributed by atoms with Gasteiger partial charge in [0, 0.05) is 11.6 Å². The summed E-state index contributed by atoms with van der Waals surface area (Å²) in [7, 11) is 0. The summed E-state index contributed by atoms with van der Waals surface area (Å²) in [6.45, 7) is 13.1. The molecular formula is C15H25NO2. The van der Waals surface area contributed by atoms with E-state index in [-0.39, 0.29) is 0 Å². The van der Waals surface area contributed by atoms with E-state index >= 15 is 0 Å². The second-order valence-electron chi connectivity index (χ2n) is 4.74. The molecule has 0 radical (unpaired) electrons. The lowest BCUT2D eigenvalue weighted by Crippen LogP contribution is -2.37. The number of benzene rings is 1. The van der Waals surface area contributed by atoms with E-state index in [1.807, 2.05) is 19.9 Å². The molecule has 102 valence electrons. The molecule has 0 aliphatic heterocycles. The monoisotopic (exact) mass is 251 g/mol. The Morgan fingerprint density at radius 2 is 1.83 bits per heavy atom. The van der Waals surface area contributed by atoms with Crippen LogP contribution in [0.4, 0.5) is 0 Å². The van der Waals surface area contributed by atoms with Gasteiger partial charge >= 0.3 is 0 Å². The van der Waals surface area contributed by atoms with Crippen LogP contribution in [0.1, 0.15) is 31.9 Å². The molecule has 1 atom stereocenters. The summed E-state index contributed by atoms with van der Waals surface area (Å²) < 4.78 is 5.89. The fraction of sp³-hybridized carbons (Fsp3) is 0.600. The van der Waals surface area contributed by atoms with Gasteiger partial charge < -0.3 is 9.84 Å². The van der Waals surface area contributed by atoms with E-state index in [0.717, 1.165) is 30.0 Å². The van der Waals surface area contributed by atoms with Crippen LogP contribution in [-0.4, -0.2) is 35.7 Å². The van der Waals surface area contributed by atoms with Crippen molar-refractivity contribution in [2.24, 2.45) is 0 Å². The molecule has 0 aliphatic rings. The van der Waals surface area contributed by atoms with Crippen LogP contribution in [-0.2, 0) is 0 Å². The third-order valence-corrected chi connectivity index (χ3v) is 3.48. The van der Waals surface area contributed by atoms with Gasteiger partial charge in [-0.15, -0.1) is 0 Å².